The Morgan fingerprint density at radius 2 is 2.31 bits per heavy atom. The van der Waals surface area contributed by atoms with Crippen LogP contribution in [0, 0.1) is 5.82 Å². The largest absolute Gasteiger partial charge is 0.378 e. The van der Waals surface area contributed by atoms with E-state index in [1.807, 2.05) is 11.6 Å². The zero-order valence-corrected chi connectivity index (χ0v) is 10.3. The van der Waals surface area contributed by atoms with Crippen LogP contribution in [0.25, 0.3) is 0 Å². The van der Waals surface area contributed by atoms with Crippen molar-refractivity contribution in [2.24, 2.45) is 7.05 Å². The lowest BCUT2D eigenvalue weighted by Crippen LogP contribution is -2.04. The second-order valence-corrected chi connectivity index (χ2v) is 4.33. The molecule has 0 bridgehead atoms. The van der Waals surface area contributed by atoms with Crippen LogP contribution in [0.5, 0.6) is 0 Å². The Balaban J connectivity index is 2.08. The summed E-state index contributed by atoms with van der Waals surface area (Å²) in [5.74, 6) is -0.252. The van der Waals surface area contributed by atoms with Gasteiger partial charge in [0.05, 0.1) is 18.6 Å². The molecule has 2 aromatic rings. The molecule has 0 spiro atoms. The number of aromatic nitrogens is 2. The van der Waals surface area contributed by atoms with Crippen LogP contribution in [0.4, 0.5) is 10.1 Å². The van der Waals surface area contributed by atoms with Gasteiger partial charge in [-0.05, 0) is 34.1 Å². The van der Waals surface area contributed by atoms with Crippen molar-refractivity contribution in [2.75, 3.05) is 5.32 Å². The molecule has 0 aliphatic rings. The second-order valence-electron chi connectivity index (χ2n) is 3.47. The molecule has 0 saturated carbocycles. The summed E-state index contributed by atoms with van der Waals surface area (Å²) in [5, 5.41) is 3.21. The average molecular weight is 284 g/mol. The van der Waals surface area contributed by atoms with E-state index in [0.29, 0.717) is 6.54 Å². The Labute approximate surface area is 101 Å². The number of halogens is 2. The van der Waals surface area contributed by atoms with Gasteiger partial charge in [0.1, 0.15) is 5.82 Å². The van der Waals surface area contributed by atoms with Crippen LogP contribution in [0.1, 0.15) is 5.69 Å². The first-order valence-corrected chi connectivity index (χ1v) is 5.60. The van der Waals surface area contributed by atoms with E-state index >= 15 is 0 Å². The molecule has 0 aliphatic heterocycles. The molecule has 1 N–H and O–H groups in total. The van der Waals surface area contributed by atoms with Gasteiger partial charge in [-0.15, -0.1) is 0 Å². The number of hydrogen-bond acceptors (Lipinski definition) is 2. The molecule has 0 radical (unpaired) electrons. The van der Waals surface area contributed by atoms with Crippen LogP contribution in [0.15, 0.2) is 35.2 Å². The Hall–Kier alpha value is -1.36. The van der Waals surface area contributed by atoms with Crippen LogP contribution >= 0.6 is 15.9 Å². The zero-order chi connectivity index (χ0) is 11.5. The van der Waals surface area contributed by atoms with Crippen molar-refractivity contribution in [1.29, 1.82) is 0 Å². The molecular weight excluding hydrogens is 273 g/mol. The Kier molecular flexibility index (Phi) is 3.24. The maximum atomic E-state index is 12.9. The standard InChI is InChI=1S/C11H11BrFN3/c1-16-7-14-5-9(16)6-15-11-3-2-8(13)4-10(11)12/h2-5,7,15H,6H2,1H3. The number of hydrogen-bond donors (Lipinski definition) is 1. The lowest BCUT2D eigenvalue weighted by atomic mass is 10.3. The molecule has 84 valence electrons. The van der Waals surface area contributed by atoms with E-state index in [0.717, 1.165) is 15.9 Å². The molecule has 1 heterocycles. The maximum absolute atomic E-state index is 12.9. The molecule has 16 heavy (non-hydrogen) atoms. The monoisotopic (exact) mass is 283 g/mol. The molecule has 1 aromatic heterocycles. The van der Waals surface area contributed by atoms with E-state index in [1.165, 1.54) is 12.1 Å². The number of nitrogens with zero attached hydrogens (tertiary/aromatic N) is 2. The summed E-state index contributed by atoms with van der Waals surface area (Å²) in [5.41, 5.74) is 1.93. The van der Waals surface area contributed by atoms with Gasteiger partial charge in [0.25, 0.3) is 0 Å². The van der Waals surface area contributed by atoms with Gasteiger partial charge in [0.15, 0.2) is 0 Å². The van der Waals surface area contributed by atoms with E-state index in [1.54, 1.807) is 18.6 Å². The number of rotatable bonds is 3. The molecule has 0 amide bonds. The normalized spacial score (nSPS) is 10.4. The molecule has 5 heteroatoms. The van der Waals surface area contributed by atoms with E-state index in [-0.39, 0.29) is 5.82 Å². The minimum Gasteiger partial charge on any atom is -0.378 e. The summed E-state index contributed by atoms with van der Waals surface area (Å²) in [6, 6.07) is 4.57. The average Bonchev–Trinajstić information content (AvgIpc) is 2.63. The van der Waals surface area contributed by atoms with Crippen LogP contribution in [-0.2, 0) is 13.6 Å². The van der Waals surface area contributed by atoms with Gasteiger partial charge in [-0.3, -0.25) is 0 Å². The summed E-state index contributed by atoms with van der Waals surface area (Å²) in [6.45, 7) is 0.654. The van der Waals surface area contributed by atoms with Gasteiger partial charge in [-0.25, -0.2) is 9.37 Å². The van der Waals surface area contributed by atoms with Gasteiger partial charge in [-0.1, -0.05) is 0 Å². The molecule has 0 unspecified atom stereocenters. The minimum atomic E-state index is -0.252. The summed E-state index contributed by atoms with van der Waals surface area (Å²) < 4.78 is 15.5. The third-order valence-corrected chi connectivity index (χ3v) is 2.96. The van der Waals surface area contributed by atoms with E-state index < -0.39 is 0 Å². The topological polar surface area (TPSA) is 29.9 Å². The molecule has 0 saturated heterocycles. The van der Waals surface area contributed by atoms with Gasteiger partial charge in [0, 0.05) is 23.4 Å². The summed E-state index contributed by atoms with van der Waals surface area (Å²) >= 11 is 3.30. The highest BCUT2D eigenvalue weighted by Crippen LogP contribution is 2.23. The van der Waals surface area contributed by atoms with E-state index in [2.05, 4.69) is 26.2 Å². The molecule has 0 fully saturated rings. The Bertz CT molecular complexity index is 496. The first-order valence-electron chi connectivity index (χ1n) is 4.81. The number of imidazole rings is 1. The number of aryl methyl sites for hydroxylation is 1. The lowest BCUT2D eigenvalue weighted by molar-refractivity contribution is 0.627. The SMILES string of the molecule is Cn1cncc1CNc1ccc(F)cc1Br. The molecule has 0 atom stereocenters. The zero-order valence-electron chi connectivity index (χ0n) is 8.74. The summed E-state index contributed by atoms with van der Waals surface area (Å²) in [6.07, 6.45) is 3.54. The van der Waals surface area contributed by atoms with Crippen molar-refractivity contribution in [3.8, 4) is 0 Å². The minimum absolute atomic E-state index is 0.252. The van der Waals surface area contributed by atoms with Crippen LogP contribution in [-0.4, -0.2) is 9.55 Å². The molecule has 0 aliphatic carbocycles. The van der Waals surface area contributed by atoms with Gasteiger partial charge in [0.2, 0.25) is 0 Å². The predicted molar refractivity (Wildman–Crippen MR) is 64.6 cm³/mol. The second kappa shape index (κ2) is 4.65. The van der Waals surface area contributed by atoms with Gasteiger partial charge in [-0.2, -0.15) is 0 Å². The van der Waals surface area contributed by atoms with Crippen molar-refractivity contribution >= 4 is 21.6 Å². The van der Waals surface area contributed by atoms with Gasteiger partial charge >= 0.3 is 0 Å². The number of nitrogens with one attached hydrogen (secondary N) is 1. The van der Waals surface area contributed by atoms with Crippen LogP contribution < -0.4 is 5.32 Å². The van der Waals surface area contributed by atoms with Crippen molar-refractivity contribution in [3.63, 3.8) is 0 Å². The summed E-state index contributed by atoms with van der Waals surface area (Å²) in [4.78, 5) is 4.02. The Morgan fingerprint density at radius 1 is 1.50 bits per heavy atom. The predicted octanol–water partition coefficient (Wildman–Crippen LogP) is 2.93. The molecule has 3 nitrogen and oxygen atoms in total. The highest BCUT2D eigenvalue weighted by atomic mass is 79.9. The quantitative estimate of drug-likeness (QED) is 0.939. The van der Waals surface area contributed by atoms with Crippen molar-refractivity contribution < 1.29 is 4.39 Å². The molecule has 2 rings (SSSR count). The van der Waals surface area contributed by atoms with Crippen molar-refractivity contribution in [1.82, 2.24) is 9.55 Å². The number of anilines is 1. The molecular formula is C11H11BrFN3. The van der Waals surface area contributed by atoms with Crippen molar-refractivity contribution in [3.05, 3.63) is 46.7 Å². The van der Waals surface area contributed by atoms with E-state index in [9.17, 15) is 4.39 Å². The third-order valence-electron chi connectivity index (χ3n) is 2.31. The highest BCUT2D eigenvalue weighted by molar-refractivity contribution is 9.10. The maximum Gasteiger partial charge on any atom is 0.124 e. The Morgan fingerprint density at radius 3 is 2.94 bits per heavy atom. The van der Waals surface area contributed by atoms with Crippen LogP contribution in [0.2, 0.25) is 0 Å². The fourth-order valence-electron chi connectivity index (χ4n) is 1.37. The number of benzene rings is 1. The van der Waals surface area contributed by atoms with Gasteiger partial charge < -0.3 is 9.88 Å². The molecule has 1 aromatic carbocycles. The first-order chi connectivity index (χ1) is 7.66. The summed E-state index contributed by atoms with van der Waals surface area (Å²) in [7, 11) is 1.93. The lowest BCUT2D eigenvalue weighted by Gasteiger charge is -2.08. The first kappa shape index (κ1) is 11.1. The highest BCUT2D eigenvalue weighted by Gasteiger charge is 2.02. The smallest absolute Gasteiger partial charge is 0.124 e. The van der Waals surface area contributed by atoms with Crippen LogP contribution in [0.3, 0.4) is 0 Å². The van der Waals surface area contributed by atoms with E-state index in [4.69, 9.17) is 0 Å². The fraction of sp³-hybridized carbons (Fsp3) is 0.182. The van der Waals surface area contributed by atoms with Crippen molar-refractivity contribution in [2.45, 2.75) is 6.54 Å². The fourth-order valence-corrected chi connectivity index (χ4v) is 1.86. The third kappa shape index (κ3) is 2.41.